The highest BCUT2D eigenvalue weighted by molar-refractivity contribution is 6.57. The van der Waals surface area contributed by atoms with Crippen LogP contribution in [0, 0.1) is 0 Å². The van der Waals surface area contributed by atoms with Gasteiger partial charge in [-0.1, -0.05) is 47.5 Å². The van der Waals surface area contributed by atoms with E-state index < -0.39 is 0 Å². The van der Waals surface area contributed by atoms with Gasteiger partial charge in [0, 0.05) is 6.42 Å². The van der Waals surface area contributed by atoms with Gasteiger partial charge in [0.25, 0.3) is 0 Å². The summed E-state index contributed by atoms with van der Waals surface area (Å²) >= 11 is 11.0. The highest BCUT2D eigenvalue weighted by Gasteiger charge is 1.93. The molecule has 0 aliphatic carbocycles. The van der Waals surface area contributed by atoms with E-state index in [1.807, 2.05) is 24.3 Å². The van der Waals surface area contributed by atoms with E-state index in [0.29, 0.717) is 6.42 Å². The molecule has 3 heteroatoms. The molecule has 0 amide bonds. The topological polar surface area (TPSA) is 17.1 Å². The average Bonchev–Trinajstić information content (AvgIpc) is 2.04. The van der Waals surface area contributed by atoms with E-state index in [4.69, 9.17) is 23.2 Å². The van der Waals surface area contributed by atoms with Gasteiger partial charge in [0.1, 0.15) is 10.8 Å². The molecule has 0 saturated carbocycles. The first-order valence-electron chi connectivity index (χ1n) is 3.77. The Hall–Kier alpha value is -0.790. The molecule has 0 spiro atoms. The average molecular weight is 215 g/mol. The molecule has 0 fully saturated rings. The first kappa shape index (κ1) is 10.3. The third-order valence-electron chi connectivity index (χ3n) is 1.55. The molecule has 1 aromatic carbocycles. The van der Waals surface area contributed by atoms with Crippen molar-refractivity contribution < 1.29 is 4.79 Å². The summed E-state index contributed by atoms with van der Waals surface area (Å²) in [5, 5.41) is 0. The second-order valence-corrected chi connectivity index (χ2v) is 3.56. The Morgan fingerprint density at radius 2 is 2.15 bits per heavy atom. The van der Waals surface area contributed by atoms with Gasteiger partial charge in [0.2, 0.25) is 0 Å². The fraction of sp³-hybridized carbons (Fsp3) is 0.100. The summed E-state index contributed by atoms with van der Waals surface area (Å²) in [6.07, 6.45) is 2.92. The molecule has 0 atom stereocenters. The second-order valence-electron chi connectivity index (χ2n) is 2.55. The van der Waals surface area contributed by atoms with E-state index in [0.717, 1.165) is 17.4 Å². The molecular weight excluding hydrogens is 207 g/mol. The van der Waals surface area contributed by atoms with E-state index in [2.05, 4.69) is 0 Å². The molecule has 0 N–H and O–H groups in total. The van der Waals surface area contributed by atoms with Crippen molar-refractivity contribution in [3.63, 3.8) is 0 Å². The van der Waals surface area contributed by atoms with Crippen molar-refractivity contribution in [3.05, 3.63) is 39.9 Å². The predicted molar refractivity (Wildman–Crippen MR) is 55.9 cm³/mol. The smallest absolute Gasteiger partial charge is 0.124 e. The van der Waals surface area contributed by atoms with Crippen LogP contribution in [0.2, 0.25) is 0 Å². The molecule has 0 saturated heterocycles. The molecule has 1 nitrogen and oxygen atoms in total. The first-order chi connectivity index (χ1) is 6.22. The number of hydrogen-bond donors (Lipinski definition) is 0. The lowest BCUT2D eigenvalue weighted by Crippen LogP contribution is -1.85. The zero-order chi connectivity index (χ0) is 9.68. The molecule has 1 aromatic rings. The zero-order valence-electron chi connectivity index (χ0n) is 6.84. The molecule has 68 valence electrons. The van der Waals surface area contributed by atoms with E-state index in [9.17, 15) is 4.79 Å². The van der Waals surface area contributed by atoms with Crippen LogP contribution in [0.3, 0.4) is 0 Å². The molecule has 1 rings (SSSR count). The summed E-state index contributed by atoms with van der Waals surface area (Å²) in [6.45, 7) is 0. The van der Waals surface area contributed by atoms with Crippen LogP contribution in [0.1, 0.15) is 11.1 Å². The van der Waals surface area contributed by atoms with Crippen molar-refractivity contribution in [2.24, 2.45) is 0 Å². The van der Waals surface area contributed by atoms with E-state index >= 15 is 0 Å². The van der Waals surface area contributed by atoms with Crippen LogP contribution in [0.4, 0.5) is 0 Å². The van der Waals surface area contributed by atoms with Crippen LogP contribution in [0.5, 0.6) is 0 Å². The monoisotopic (exact) mass is 214 g/mol. The lowest BCUT2D eigenvalue weighted by atomic mass is 10.1. The van der Waals surface area contributed by atoms with Gasteiger partial charge < -0.3 is 4.79 Å². The predicted octanol–water partition coefficient (Wildman–Crippen LogP) is 3.20. The molecule has 13 heavy (non-hydrogen) atoms. The molecule has 0 unspecified atom stereocenters. The van der Waals surface area contributed by atoms with Gasteiger partial charge in [0.15, 0.2) is 0 Å². The van der Waals surface area contributed by atoms with Crippen LogP contribution in [0.15, 0.2) is 28.8 Å². The highest BCUT2D eigenvalue weighted by Crippen LogP contribution is 2.14. The number of carbonyl (C=O) groups excluding carboxylic acids is 1. The zero-order valence-corrected chi connectivity index (χ0v) is 8.35. The van der Waals surface area contributed by atoms with Gasteiger partial charge in [-0.05, 0) is 17.2 Å². The highest BCUT2D eigenvalue weighted by atomic mass is 35.5. The van der Waals surface area contributed by atoms with Crippen LogP contribution in [0.25, 0.3) is 6.08 Å². The number of carbonyl (C=O) groups is 1. The lowest BCUT2D eigenvalue weighted by molar-refractivity contribution is -0.107. The Balaban J connectivity index is 2.91. The number of benzene rings is 1. The Kier molecular flexibility index (Phi) is 4.00. The van der Waals surface area contributed by atoms with Crippen LogP contribution < -0.4 is 0 Å². The van der Waals surface area contributed by atoms with Gasteiger partial charge >= 0.3 is 0 Å². The van der Waals surface area contributed by atoms with E-state index in [1.165, 1.54) is 0 Å². The Labute approximate surface area is 87.0 Å². The standard InChI is InChI=1S/C10H8Cl2O/c11-10(12)7-9-3-1-2-8(6-9)4-5-13/h1-3,5-7H,4H2. The van der Waals surface area contributed by atoms with E-state index in [-0.39, 0.29) is 4.49 Å². The number of aldehydes is 1. The fourth-order valence-corrected chi connectivity index (χ4v) is 1.28. The normalized spacial score (nSPS) is 9.38. The van der Waals surface area contributed by atoms with Crippen LogP contribution in [-0.4, -0.2) is 6.29 Å². The van der Waals surface area contributed by atoms with Crippen molar-refractivity contribution >= 4 is 35.6 Å². The summed E-state index contributed by atoms with van der Waals surface area (Å²) in [7, 11) is 0. The van der Waals surface area contributed by atoms with Crippen molar-refractivity contribution in [1.82, 2.24) is 0 Å². The second kappa shape index (κ2) is 5.05. The third kappa shape index (κ3) is 3.62. The van der Waals surface area contributed by atoms with Crippen molar-refractivity contribution in [3.8, 4) is 0 Å². The van der Waals surface area contributed by atoms with Crippen molar-refractivity contribution in [2.45, 2.75) is 6.42 Å². The van der Waals surface area contributed by atoms with Crippen LogP contribution in [-0.2, 0) is 11.2 Å². The Bertz CT molecular complexity index is 327. The molecule has 0 aliphatic rings. The number of halogens is 2. The maximum absolute atomic E-state index is 10.2. The quantitative estimate of drug-likeness (QED) is 0.707. The molecule has 0 aromatic heterocycles. The maximum Gasteiger partial charge on any atom is 0.124 e. The van der Waals surface area contributed by atoms with Crippen molar-refractivity contribution in [2.75, 3.05) is 0 Å². The minimum absolute atomic E-state index is 0.211. The summed E-state index contributed by atoms with van der Waals surface area (Å²) in [5.74, 6) is 0. The fourth-order valence-electron chi connectivity index (χ4n) is 1.03. The molecule has 0 radical (unpaired) electrons. The Morgan fingerprint density at radius 3 is 2.77 bits per heavy atom. The van der Waals surface area contributed by atoms with Gasteiger partial charge in [-0.3, -0.25) is 0 Å². The SMILES string of the molecule is O=CCc1cccc(C=C(Cl)Cl)c1. The maximum atomic E-state index is 10.2. The minimum Gasteiger partial charge on any atom is -0.303 e. The number of hydrogen-bond acceptors (Lipinski definition) is 1. The minimum atomic E-state index is 0.211. The van der Waals surface area contributed by atoms with E-state index in [1.54, 1.807) is 6.08 Å². The van der Waals surface area contributed by atoms with Gasteiger partial charge in [-0.25, -0.2) is 0 Å². The molecule has 0 heterocycles. The van der Waals surface area contributed by atoms with Crippen molar-refractivity contribution in [1.29, 1.82) is 0 Å². The van der Waals surface area contributed by atoms with Gasteiger partial charge in [0.05, 0.1) is 0 Å². The van der Waals surface area contributed by atoms with Crippen LogP contribution >= 0.6 is 23.2 Å². The summed E-state index contributed by atoms with van der Waals surface area (Å²) in [6, 6.07) is 7.49. The third-order valence-corrected chi connectivity index (χ3v) is 1.76. The summed E-state index contributed by atoms with van der Waals surface area (Å²) in [4.78, 5) is 10.2. The molecular formula is C10H8Cl2O. The lowest BCUT2D eigenvalue weighted by Gasteiger charge is -1.97. The molecule has 0 bridgehead atoms. The summed E-state index contributed by atoms with van der Waals surface area (Å²) < 4.78 is 0.211. The van der Waals surface area contributed by atoms with Gasteiger partial charge in [-0.15, -0.1) is 0 Å². The Morgan fingerprint density at radius 1 is 1.38 bits per heavy atom. The number of rotatable bonds is 3. The molecule has 0 aliphatic heterocycles. The summed E-state index contributed by atoms with van der Waals surface area (Å²) in [5.41, 5.74) is 1.86. The largest absolute Gasteiger partial charge is 0.303 e. The van der Waals surface area contributed by atoms with Gasteiger partial charge in [-0.2, -0.15) is 0 Å². The first-order valence-corrected chi connectivity index (χ1v) is 4.53.